The number of hydrogen-bond acceptors (Lipinski definition) is 8. The van der Waals surface area contributed by atoms with Gasteiger partial charge in [0.05, 0.1) is 12.4 Å². The number of carbonyl (C=O) groups excluding carboxylic acids is 4. The van der Waals surface area contributed by atoms with E-state index >= 15 is 0 Å². The molecule has 0 aliphatic carbocycles. The largest absolute Gasteiger partial charge is 0.500 e. The first-order valence-electron chi connectivity index (χ1n) is 8.66. The van der Waals surface area contributed by atoms with E-state index in [9.17, 15) is 23.4 Å². The summed E-state index contributed by atoms with van der Waals surface area (Å²) in [5, 5.41) is 0. The molecule has 156 valence electrons. The molecule has 0 saturated heterocycles. The summed E-state index contributed by atoms with van der Waals surface area (Å²) in [4.78, 5) is 48.0. The van der Waals surface area contributed by atoms with Gasteiger partial charge in [0.2, 0.25) is 0 Å². The average Bonchev–Trinajstić information content (AvgIpc) is 2.90. The predicted molar refractivity (Wildman–Crippen MR) is 100 cm³/mol. The Morgan fingerprint density at radius 3 is 2.25 bits per heavy atom. The molecule has 1 unspecified atom stereocenters. The highest BCUT2D eigenvalue weighted by Gasteiger charge is 2.27. The van der Waals surface area contributed by atoms with E-state index in [1.807, 2.05) is 0 Å². The summed E-state index contributed by atoms with van der Waals surface area (Å²) in [7, 11) is -1.43. The maximum atomic E-state index is 12.1. The summed E-state index contributed by atoms with van der Waals surface area (Å²) < 4.78 is 27.1. The lowest BCUT2D eigenvalue weighted by molar-refractivity contribution is -0.154. The Kier molecular flexibility index (Phi) is 9.04. The predicted octanol–water partition coefficient (Wildman–Crippen LogP) is 0.465. The Morgan fingerprint density at radius 1 is 1.11 bits per heavy atom. The minimum absolute atomic E-state index is 0.00831. The summed E-state index contributed by atoms with van der Waals surface area (Å²) in [6, 6.07) is 0. The number of rotatable bonds is 10. The molecular weight excluding hydrogens is 390 g/mol. The van der Waals surface area contributed by atoms with Crippen LogP contribution in [0, 0.1) is 0 Å². The molecule has 0 aromatic rings. The third-order valence-corrected chi connectivity index (χ3v) is 4.45. The first-order chi connectivity index (χ1) is 13.0. The van der Waals surface area contributed by atoms with E-state index in [2.05, 4.69) is 0 Å². The van der Waals surface area contributed by atoms with Crippen LogP contribution < -0.4 is 0 Å². The van der Waals surface area contributed by atoms with Crippen LogP contribution >= 0.6 is 0 Å². The fourth-order valence-electron chi connectivity index (χ4n) is 1.93. The summed E-state index contributed by atoms with van der Waals surface area (Å²) in [6.07, 6.45) is 3.27. The van der Waals surface area contributed by atoms with Gasteiger partial charge in [-0.15, -0.1) is 0 Å². The summed E-state index contributed by atoms with van der Waals surface area (Å²) in [6.45, 7) is 6.70. The molecule has 1 atom stereocenters. The van der Waals surface area contributed by atoms with Gasteiger partial charge >= 0.3 is 11.9 Å². The molecule has 2 amide bonds. The van der Waals surface area contributed by atoms with Crippen molar-refractivity contribution in [2.24, 2.45) is 0 Å². The van der Waals surface area contributed by atoms with Gasteiger partial charge in [-0.2, -0.15) is 0 Å². The Balaban J connectivity index is 2.48. The van der Waals surface area contributed by atoms with Crippen LogP contribution in [-0.4, -0.2) is 69.7 Å². The second-order valence-electron chi connectivity index (χ2n) is 6.63. The molecule has 0 spiro atoms. The van der Waals surface area contributed by atoms with Crippen LogP contribution in [0.4, 0.5) is 0 Å². The number of esters is 2. The summed E-state index contributed by atoms with van der Waals surface area (Å²) >= 11 is 0. The van der Waals surface area contributed by atoms with Crippen molar-refractivity contribution in [3.8, 4) is 0 Å². The minimum atomic E-state index is -1.43. The molecule has 1 aliphatic rings. The maximum absolute atomic E-state index is 12.1. The van der Waals surface area contributed by atoms with E-state index in [4.69, 9.17) is 14.2 Å². The van der Waals surface area contributed by atoms with E-state index in [-0.39, 0.29) is 31.3 Å². The van der Waals surface area contributed by atoms with E-state index in [1.54, 1.807) is 27.7 Å². The van der Waals surface area contributed by atoms with Crippen LogP contribution in [0.5, 0.6) is 0 Å². The standard InChI is InChI=1S/C18H25NO8S/c1-5-25-12-13(17(23)27-18(2,3)4)16(22)26-9-11-28(24)10-8-19-14(20)6-7-15(19)21/h6-7,12H,5,8-11H2,1-4H3. The molecule has 0 aromatic heterocycles. The number of ether oxygens (including phenoxy) is 3. The molecule has 28 heavy (non-hydrogen) atoms. The van der Waals surface area contributed by atoms with Crippen LogP contribution in [0.15, 0.2) is 24.0 Å². The van der Waals surface area contributed by atoms with Gasteiger partial charge in [-0.1, -0.05) is 0 Å². The van der Waals surface area contributed by atoms with Gasteiger partial charge < -0.3 is 14.2 Å². The van der Waals surface area contributed by atoms with E-state index in [0.29, 0.717) is 0 Å². The molecule has 0 aromatic carbocycles. The van der Waals surface area contributed by atoms with Crippen molar-refractivity contribution in [3.05, 3.63) is 24.0 Å². The van der Waals surface area contributed by atoms with Gasteiger partial charge in [-0.3, -0.25) is 18.7 Å². The molecule has 0 saturated carbocycles. The maximum Gasteiger partial charge on any atom is 0.349 e. The van der Waals surface area contributed by atoms with Crippen molar-refractivity contribution in [1.29, 1.82) is 0 Å². The third-order valence-electron chi connectivity index (χ3n) is 3.19. The fourth-order valence-corrected chi connectivity index (χ4v) is 2.79. The molecule has 0 N–H and O–H groups in total. The van der Waals surface area contributed by atoms with Crippen molar-refractivity contribution in [2.75, 3.05) is 31.3 Å². The molecule has 0 fully saturated rings. The van der Waals surface area contributed by atoms with Crippen LogP contribution in [0.3, 0.4) is 0 Å². The number of nitrogens with zero attached hydrogens (tertiary/aromatic N) is 1. The molecule has 0 radical (unpaired) electrons. The van der Waals surface area contributed by atoms with E-state index in [0.717, 1.165) is 23.3 Å². The molecule has 9 nitrogen and oxygen atoms in total. The van der Waals surface area contributed by atoms with Gasteiger partial charge in [0.25, 0.3) is 11.8 Å². The zero-order valence-electron chi connectivity index (χ0n) is 16.4. The monoisotopic (exact) mass is 415 g/mol. The Labute approximate surface area is 166 Å². The molecule has 1 aliphatic heterocycles. The summed E-state index contributed by atoms with van der Waals surface area (Å²) in [5.74, 6) is -2.68. The second kappa shape index (κ2) is 10.7. The SMILES string of the molecule is CCOC=C(C(=O)OCCS(=O)CCN1C(=O)C=CC1=O)C(=O)OC(C)(C)C. The first kappa shape index (κ1) is 23.5. The highest BCUT2D eigenvalue weighted by Crippen LogP contribution is 2.12. The van der Waals surface area contributed by atoms with Gasteiger partial charge in [0, 0.05) is 35.2 Å². The van der Waals surface area contributed by atoms with Crippen LogP contribution in [-0.2, 0) is 44.2 Å². The minimum Gasteiger partial charge on any atom is -0.500 e. The number of imide groups is 1. The quantitative estimate of drug-likeness (QED) is 0.126. The number of carbonyl (C=O) groups is 4. The first-order valence-corrected chi connectivity index (χ1v) is 10.1. The van der Waals surface area contributed by atoms with Crippen LogP contribution in [0.2, 0.25) is 0 Å². The Morgan fingerprint density at radius 2 is 1.71 bits per heavy atom. The van der Waals surface area contributed by atoms with Crippen LogP contribution in [0.1, 0.15) is 27.7 Å². The van der Waals surface area contributed by atoms with Gasteiger partial charge in [0.15, 0.2) is 5.57 Å². The average molecular weight is 415 g/mol. The molecule has 1 rings (SSSR count). The smallest absolute Gasteiger partial charge is 0.349 e. The molecule has 10 heteroatoms. The van der Waals surface area contributed by atoms with Crippen LogP contribution in [0.25, 0.3) is 0 Å². The lowest BCUT2D eigenvalue weighted by Crippen LogP contribution is -2.34. The van der Waals surface area contributed by atoms with Gasteiger partial charge in [-0.25, -0.2) is 9.59 Å². The zero-order chi connectivity index (χ0) is 21.3. The van der Waals surface area contributed by atoms with E-state index in [1.165, 1.54) is 0 Å². The van der Waals surface area contributed by atoms with Gasteiger partial charge in [0.1, 0.15) is 18.5 Å². The van der Waals surface area contributed by atoms with Crippen molar-refractivity contribution < 1.29 is 37.6 Å². The lowest BCUT2D eigenvalue weighted by atomic mass is 10.2. The molecule has 0 bridgehead atoms. The number of hydrogen-bond donors (Lipinski definition) is 0. The molecule has 1 heterocycles. The van der Waals surface area contributed by atoms with Crippen molar-refractivity contribution >= 4 is 34.6 Å². The Hall–Kier alpha value is -2.49. The van der Waals surface area contributed by atoms with Gasteiger partial charge in [-0.05, 0) is 27.7 Å². The lowest BCUT2D eigenvalue weighted by Gasteiger charge is -2.20. The topological polar surface area (TPSA) is 116 Å². The molecular formula is C18H25NO8S. The zero-order valence-corrected chi connectivity index (χ0v) is 17.2. The number of amides is 2. The highest BCUT2D eigenvalue weighted by atomic mass is 32.2. The van der Waals surface area contributed by atoms with Crippen molar-refractivity contribution in [2.45, 2.75) is 33.3 Å². The Bertz CT molecular complexity index is 687. The highest BCUT2D eigenvalue weighted by molar-refractivity contribution is 7.85. The normalized spacial score (nSPS) is 15.6. The third kappa shape index (κ3) is 8.03. The van der Waals surface area contributed by atoms with Crippen molar-refractivity contribution in [3.63, 3.8) is 0 Å². The summed E-state index contributed by atoms with van der Waals surface area (Å²) in [5.41, 5.74) is -1.20. The van der Waals surface area contributed by atoms with Crippen molar-refractivity contribution in [1.82, 2.24) is 4.90 Å². The fraction of sp³-hybridized carbons (Fsp3) is 0.556. The van der Waals surface area contributed by atoms with E-state index < -0.39 is 45.7 Å². The second-order valence-corrected chi connectivity index (χ2v) is 8.33.